The van der Waals surface area contributed by atoms with Gasteiger partial charge in [0.15, 0.2) is 0 Å². The highest BCUT2D eigenvalue weighted by Gasteiger charge is 2.12. The highest BCUT2D eigenvalue weighted by molar-refractivity contribution is 6.31. The molecule has 0 aliphatic rings. The van der Waals surface area contributed by atoms with Crippen LogP contribution < -0.4 is 0 Å². The number of halogens is 1. The van der Waals surface area contributed by atoms with E-state index in [-0.39, 0.29) is 12.5 Å². The Morgan fingerprint density at radius 1 is 1.41 bits per heavy atom. The molecule has 0 radical (unpaired) electrons. The van der Waals surface area contributed by atoms with E-state index in [4.69, 9.17) is 16.7 Å². The summed E-state index contributed by atoms with van der Waals surface area (Å²) in [5.74, 6) is 0.0569. The second-order valence-corrected chi connectivity index (χ2v) is 4.23. The molecule has 1 rings (SSSR count). The molecule has 3 nitrogen and oxygen atoms in total. The van der Waals surface area contributed by atoms with Crippen LogP contribution in [0.5, 0.6) is 0 Å². The molecule has 4 heteroatoms. The first-order valence-electron chi connectivity index (χ1n) is 5.81. The van der Waals surface area contributed by atoms with Crippen LogP contribution in [0.1, 0.15) is 25.3 Å². The first kappa shape index (κ1) is 14.0. The second-order valence-electron chi connectivity index (χ2n) is 3.83. The van der Waals surface area contributed by atoms with Crippen LogP contribution in [0, 0.1) is 0 Å². The average molecular weight is 256 g/mol. The van der Waals surface area contributed by atoms with Gasteiger partial charge < -0.3 is 10.0 Å². The Morgan fingerprint density at radius 3 is 2.71 bits per heavy atom. The van der Waals surface area contributed by atoms with Gasteiger partial charge in [-0.1, -0.05) is 29.8 Å². The van der Waals surface area contributed by atoms with Crippen molar-refractivity contribution in [2.24, 2.45) is 0 Å². The van der Waals surface area contributed by atoms with E-state index in [2.05, 4.69) is 0 Å². The molecule has 0 spiro atoms. The van der Waals surface area contributed by atoms with Crippen LogP contribution in [0.2, 0.25) is 5.02 Å². The molecule has 1 aromatic carbocycles. The number of aliphatic hydroxyl groups is 1. The summed E-state index contributed by atoms with van der Waals surface area (Å²) in [7, 11) is 0. The SMILES string of the molecule is CCN(Cc1ccccc1Cl)C(=O)CCCO. The molecule has 0 saturated heterocycles. The van der Waals surface area contributed by atoms with E-state index in [1.165, 1.54) is 0 Å². The largest absolute Gasteiger partial charge is 0.396 e. The summed E-state index contributed by atoms with van der Waals surface area (Å²) in [5, 5.41) is 9.39. The van der Waals surface area contributed by atoms with Gasteiger partial charge in [0, 0.05) is 31.1 Å². The molecule has 1 N–H and O–H groups in total. The third kappa shape index (κ3) is 4.36. The third-order valence-corrected chi connectivity index (χ3v) is 2.97. The maximum absolute atomic E-state index is 11.8. The summed E-state index contributed by atoms with van der Waals surface area (Å²) in [5.41, 5.74) is 0.952. The molecule has 1 aromatic rings. The first-order valence-corrected chi connectivity index (χ1v) is 6.18. The van der Waals surface area contributed by atoms with Crippen molar-refractivity contribution < 1.29 is 9.90 Å². The summed E-state index contributed by atoms with van der Waals surface area (Å²) in [6, 6.07) is 7.52. The van der Waals surface area contributed by atoms with Crippen molar-refractivity contribution in [3.05, 3.63) is 34.9 Å². The minimum Gasteiger partial charge on any atom is -0.396 e. The molecule has 0 heterocycles. The molecular formula is C13H18ClNO2. The van der Waals surface area contributed by atoms with Crippen molar-refractivity contribution in [1.82, 2.24) is 4.90 Å². The van der Waals surface area contributed by atoms with Crippen LogP contribution in [-0.2, 0) is 11.3 Å². The van der Waals surface area contributed by atoms with Gasteiger partial charge in [-0.15, -0.1) is 0 Å². The quantitative estimate of drug-likeness (QED) is 0.848. The molecule has 0 aliphatic heterocycles. The van der Waals surface area contributed by atoms with Crippen molar-refractivity contribution in [1.29, 1.82) is 0 Å². The van der Waals surface area contributed by atoms with Crippen molar-refractivity contribution >= 4 is 17.5 Å². The van der Waals surface area contributed by atoms with Gasteiger partial charge in [0.1, 0.15) is 0 Å². The number of aliphatic hydroxyl groups excluding tert-OH is 1. The minimum absolute atomic E-state index is 0.0510. The van der Waals surface area contributed by atoms with Gasteiger partial charge in [-0.05, 0) is 25.0 Å². The number of hydrogen-bond acceptors (Lipinski definition) is 2. The lowest BCUT2D eigenvalue weighted by atomic mass is 10.2. The Bertz CT molecular complexity index is 368. The van der Waals surface area contributed by atoms with Crippen LogP contribution >= 0.6 is 11.6 Å². The zero-order valence-corrected chi connectivity index (χ0v) is 10.8. The van der Waals surface area contributed by atoms with Crippen LogP contribution in [0.4, 0.5) is 0 Å². The zero-order chi connectivity index (χ0) is 12.7. The Morgan fingerprint density at radius 2 is 2.12 bits per heavy atom. The van der Waals surface area contributed by atoms with E-state index in [9.17, 15) is 4.79 Å². The molecule has 0 bridgehead atoms. The third-order valence-electron chi connectivity index (χ3n) is 2.60. The highest BCUT2D eigenvalue weighted by atomic mass is 35.5. The van der Waals surface area contributed by atoms with E-state index >= 15 is 0 Å². The first-order chi connectivity index (χ1) is 8.19. The van der Waals surface area contributed by atoms with Gasteiger partial charge in [0.05, 0.1) is 0 Å². The summed E-state index contributed by atoms with van der Waals surface area (Å²) in [4.78, 5) is 13.6. The zero-order valence-electron chi connectivity index (χ0n) is 10.0. The molecule has 0 fully saturated rings. The Kier molecular flexibility index (Phi) is 6.01. The smallest absolute Gasteiger partial charge is 0.222 e. The number of rotatable bonds is 6. The van der Waals surface area contributed by atoms with Crippen molar-refractivity contribution in [3.8, 4) is 0 Å². The monoisotopic (exact) mass is 255 g/mol. The number of carbonyl (C=O) groups excluding carboxylic acids is 1. The number of nitrogens with zero attached hydrogens (tertiary/aromatic N) is 1. The van der Waals surface area contributed by atoms with E-state index in [0.29, 0.717) is 31.0 Å². The van der Waals surface area contributed by atoms with E-state index in [1.807, 2.05) is 31.2 Å². The fourth-order valence-corrected chi connectivity index (χ4v) is 1.79. The Hall–Kier alpha value is -1.06. The normalized spacial score (nSPS) is 10.3. The van der Waals surface area contributed by atoms with Crippen LogP contribution in [-0.4, -0.2) is 29.1 Å². The van der Waals surface area contributed by atoms with Gasteiger partial charge in [-0.2, -0.15) is 0 Å². The van der Waals surface area contributed by atoms with Gasteiger partial charge in [-0.3, -0.25) is 4.79 Å². The molecule has 17 heavy (non-hydrogen) atoms. The molecule has 1 amide bonds. The maximum atomic E-state index is 11.8. The topological polar surface area (TPSA) is 40.5 Å². The van der Waals surface area contributed by atoms with Gasteiger partial charge >= 0.3 is 0 Å². The molecule has 0 aromatic heterocycles. The van der Waals surface area contributed by atoms with Gasteiger partial charge in [0.2, 0.25) is 5.91 Å². The number of amides is 1. The van der Waals surface area contributed by atoms with Gasteiger partial charge in [0.25, 0.3) is 0 Å². The second kappa shape index (κ2) is 7.30. The van der Waals surface area contributed by atoms with E-state index in [1.54, 1.807) is 4.90 Å². The summed E-state index contributed by atoms with van der Waals surface area (Å²) >= 11 is 6.06. The predicted molar refractivity (Wildman–Crippen MR) is 68.9 cm³/mol. The number of benzene rings is 1. The predicted octanol–water partition coefficient (Wildman–Crippen LogP) is 2.46. The molecule has 94 valence electrons. The van der Waals surface area contributed by atoms with Crippen molar-refractivity contribution in [3.63, 3.8) is 0 Å². The summed E-state index contributed by atoms with van der Waals surface area (Å²) < 4.78 is 0. The van der Waals surface area contributed by atoms with Gasteiger partial charge in [-0.25, -0.2) is 0 Å². The fourth-order valence-electron chi connectivity index (χ4n) is 1.60. The standard InChI is InChI=1S/C13H18ClNO2/c1-2-15(13(17)8-5-9-16)10-11-6-3-4-7-12(11)14/h3-4,6-7,16H,2,5,8-10H2,1H3. The summed E-state index contributed by atoms with van der Waals surface area (Å²) in [6.07, 6.45) is 0.895. The molecule has 0 atom stereocenters. The average Bonchev–Trinajstić information content (AvgIpc) is 2.35. The molecular weight excluding hydrogens is 238 g/mol. The maximum Gasteiger partial charge on any atom is 0.222 e. The van der Waals surface area contributed by atoms with E-state index < -0.39 is 0 Å². The lowest BCUT2D eigenvalue weighted by molar-refractivity contribution is -0.131. The molecule has 0 aliphatic carbocycles. The lowest BCUT2D eigenvalue weighted by Crippen LogP contribution is -2.30. The Labute approximate surface area is 107 Å². The molecule has 0 saturated carbocycles. The van der Waals surface area contributed by atoms with E-state index in [0.717, 1.165) is 5.56 Å². The minimum atomic E-state index is 0.0510. The van der Waals surface area contributed by atoms with Crippen molar-refractivity contribution in [2.75, 3.05) is 13.2 Å². The van der Waals surface area contributed by atoms with Crippen LogP contribution in [0.15, 0.2) is 24.3 Å². The fraction of sp³-hybridized carbons (Fsp3) is 0.462. The van der Waals surface area contributed by atoms with Crippen LogP contribution in [0.25, 0.3) is 0 Å². The number of hydrogen-bond donors (Lipinski definition) is 1. The number of carbonyl (C=O) groups is 1. The van der Waals surface area contributed by atoms with Crippen LogP contribution in [0.3, 0.4) is 0 Å². The Balaban J connectivity index is 2.63. The highest BCUT2D eigenvalue weighted by Crippen LogP contribution is 2.17. The van der Waals surface area contributed by atoms with Crippen molar-refractivity contribution in [2.45, 2.75) is 26.3 Å². The molecule has 0 unspecified atom stereocenters. The summed E-state index contributed by atoms with van der Waals surface area (Å²) in [6.45, 7) is 3.17. The lowest BCUT2D eigenvalue weighted by Gasteiger charge is -2.21.